The molecule has 27 heavy (non-hydrogen) atoms. The number of esters is 1. The number of carbonyl (C=O) groups excluding carboxylic acids is 1. The molecule has 0 fully saturated rings. The summed E-state index contributed by atoms with van der Waals surface area (Å²) in [6, 6.07) is 28.2. The van der Waals surface area contributed by atoms with Gasteiger partial charge >= 0.3 is 5.97 Å². The van der Waals surface area contributed by atoms with E-state index in [0.29, 0.717) is 11.3 Å². The fourth-order valence-corrected chi connectivity index (χ4v) is 2.93. The SMILES string of the molecule is O=C1OC(c2ccc(-c3ccccc3)cc2)=C/C1=C/C=C/c1ccccc1. The van der Waals surface area contributed by atoms with Crippen LogP contribution in [0.1, 0.15) is 11.1 Å². The van der Waals surface area contributed by atoms with Crippen molar-refractivity contribution in [1.82, 2.24) is 0 Å². The molecule has 3 aromatic rings. The highest BCUT2D eigenvalue weighted by atomic mass is 16.5. The minimum absolute atomic E-state index is 0.324. The number of hydrogen-bond donors (Lipinski definition) is 0. The lowest BCUT2D eigenvalue weighted by Crippen LogP contribution is -1.96. The van der Waals surface area contributed by atoms with Gasteiger partial charge < -0.3 is 4.74 Å². The normalized spacial score (nSPS) is 15.2. The fraction of sp³-hybridized carbons (Fsp3) is 0. The smallest absolute Gasteiger partial charge is 0.343 e. The van der Waals surface area contributed by atoms with Crippen LogP contribution in [0.5, 0.6) is 0 Å². The van der Waals surface area contributed by atoms with E-state index in [1.165, 1.54) is 0 Å². The third kappa shape index (κ3) is 3.96. The first-order valence-corrected chi connectivity index (χ1v) is 8.83. The summed E-state index contributed by atoms with van der Waals surface area (Å²) in [6.07, 6.45) is 7.39. The molecule has 1 aliphatic heterocycles. The second-order valence-electron chi connectivity index (χ2n) is 6.23. The topological polar surface area (TPSA) is 26.3 Å². The Morgan fingerprint density at radius 1 is 0.667 bits per heavy atom. The number of cyclic esters (lactones) is 1. The van der Waals surface area contributed by atoms with Crippen molar-refractivity contribution in [3.63, 3.8) is 0 Å². The summed E-state index contributed by atoms with van der Waals surface area (Å²) in [5, 5.41) is 0. The van der Waals surface area contributed by atoms with Crippen molar-refractivity contribution in [2.24, 2.45) is 0 Å². The van der Waals surface area contributed by atoms with Crippen LogP contribution in [-0.2, 0) is 9.53 Å². The van der Waals surface area contributed by atoms with Crippen molar-refractivity contribution in [3.05, 3.63) is 120 Å². The van der Waals surface area contributed by atoms with Crippen molar-refractivity contribution in [1.29, 1.82) is 0 Å². The predicted octanol–water partition coefficient (Wildman–Crippen LogP) is 5.89. The standard InChI is InChI=1S/C25H18O2/c26-25-23(13-7-10-19-8-3-1-4-9-19)18-24(27-25)22-16-14-21(15-17-22)20-11-5-2-6-12-20/h1-18H/b10-7+,23-13-. The maximum atomic E-state index is 12.1. The van der Waals surface area contributed by atoms with Crippen molar-refractivity contribution in [2.45, 2.75) is 0 Å². The predicted molar refractivity (Wildman–Crippen MR) is 110 cm³/mol. The number of rotatable bonds is 4. The first-order chi connectivity index (χ1) is 13.3. The average molecular weight is 350 g/mol. The van der Waals surface area contributed by atoms with Gasteiger partial charge in [0.25, 0.3) is 0 Å². The molecule has 0 unspecified atom stereocenters. The van der Waals surface area contributed by atoms with Crippen LogP contribution in [0.3, 0.4) is 0 Å². The highest BCUT2D eigenvalue weighted by Crippen LogP contribution is 2.28. The minimum atomic E-state index is -0.324. The fourth-order valence-electron chi connectivity index (χ4n) is 2.93. The summed E-state index contributed by atoms with van der Waals surface area (Å²) in [5.74, 6) is 0.258. The van der Waals surface area contributed by atoms with E-state index in [4.69, 9.17) is 4.74 Å². The van der Waals surface area contributed by atoms with Gasteiger partial charge in [0.1, 0.15) is 5.76 Å². The summed E-state index contributed by atoms with van der Waals surface area (Å²) < 4.78 is 5.43. The largest absolute Gasteiger partial charge is 0.422 e. The van der Waals surface area contributed by atoms with Crippen LogP contribution >= 0.6 is 0 Å². The van der Waals surface area contributed by atoms with E-state index < -0.39 is 0 Å². The van der Waals surface area contributed by atoms with Crippen molar-refractivity contribution in [3.8, 4) is 11.1 Å². The molecule has 0 amide bonds. The first kappa shape index (κ1) is 16.8. The van der Waals surface area contributed by atoms with E-state index in [1.54, 1.807) is 12.2 Å². The van der Waals surface area contributed by atoms with Crippen molar-refractivity contribution >= 4 is 17.8 Å². The maximum absolute atomic E-state index is 12.1. The molecule has 0 atom stereocenters. The van der Waals surface area contributed by atoms with Crippen LogP contribution in [0.4, 0.5) is 0 Å². The summed E-state index contributed by atoms with van der Waals surface area (Å²) in [7, 11) is 0. The van der Waals surface area contributed by atoms with Crippen molar-refractivity contribution in [2.75, 3.05) is 0 Å². The Balaban J connectivity index is 1.52. The average Bonchev–Trinajstić information content (AvgIpc) is 3.10. The zero-order valence-electron chi connectivity index (χ0n) is 14.7. The van der Waals surface area contributed by atoms with E-state index in [0.717, 1.165) is 22.3 Å². The molecule has 0 N–H and O–H groups in total. The number of ether oxygens (including phenoxy) is 1. The molecule has 2 nitrogen and oxygen atoms in total. The van der Waals surface area contributed by atoms with Crippen LogP contribution in [-0.4, -0.2) is 5.97 Å². The molecule has 0 aliphatic carbocycles. The lowest BCUT2D eigenvalue weighted by molar-refractivity contribution is -0.130. The highest BCUT2D eigenvalue weighted by molar-refractivity contribution is 6.01. The van der Waals surface area contributed by atoms with Gasteiger partial charge in [-0.2, -0.15) is 0 Å². The molecule has 0 radical (unpaired) electrons. The van der Waals surface area contributed by atoms with Gasteiger partial charge in [-0.3, -0.25) is 0 Å². The second kappa shape index (κ2) is 7.71. The van der Waals surface area contributed by atoms with Gasteiger partial charge in [-0.05, 0) is 28.8 Å². The molecule has 0 saturated carbocycles. The van der Waals surface area contributed by atoms with Crippen LogP contribution in [0.25, 0.3) is 23.0 Å². The Kier molecular flexibility index (Phi) is 4.80. The summed E-state index contributed by atoms with van der Waals surface area (Å²) >= 11 is 0. The molecule has 0 aromatic heterocycles. The molecule has 0 saturated heterocycles. The summed E-state index contributed by atoms with van der Waals surface area (Å²) in [4.78, 5) is 12.1. The lowest BCUT2D eigenvalue weighted by atomic mass is 10.0. The monoisotopic (exact) mass is 350 g/mol. The highest BCUT2D eigenvalue weighted by Gasteiger charge is 2.21. The molecular formula is C25H18O2. The quantitative estimate of drug-likeness (QED) is 0.433. The van der Waals surface area contributed by atoms with E-state index >= 15 is 0 Å². The third-order valence-corrected chi connectivity index (χ3v) is 4.37. The third-order valence-electron chi connectivity index (χ3n) is 4.37. The molecule has 0 bridgehead atoms. The first-order valence-electron chi connectivity index (χ1n) is 8.83. The van der Waals surface area contributed by atoms with E-state index in [9.17, 15) is 4.79 Å². The van der Waals surface area contributed by atoms with Crippen LogP contribution < -0.4 is 0 Å². The number of benzene rings is 3. The van der Waals surface area contributed by atoms with Gasteiger partial charge in [-0.15, -0.1) is 0 Å². The van der Waals surface area contributed by atoms with Gasteiger partial charge in [-0.25, -0.2) is 4.79 Å². The molecule has 3 aromatic carbocycles. The molecule has 1 heterocycles. The lowest BCUT2D eigenvalue weighted by Gasteiger charge is -2.04. The molecule has 4 rings (SSSR count). The van der Waals surface area contributed by atoms with Gasteiger partial charge in [0, 0.05) is 5.56 Å². The van der Waals surface area contributed by atoms with Gasteiger partial charge in [0.05, 0.1) is 5.57 Å². The molecular weight excluding hydrogens is 332 g/mol. The summed E-state index contributed by atoms with van der Waals surface area (Å²) in [6.45, 7) is 0. The molecule has 130 valence electrons. The van der Waals surface area contributed by atoms with Crippen LogP contribution in [0.15, 0.2) is 109 Å². The zero-order chi connectivity index (χ0) is 18.5. The number of allylic oxidation sites excluding steroid dienone is 2. The maximum Gasteiger partial charge on any atom is 0.343 e. The second-order valence-corrected chi connectivity index (χ2v) is 6.23. The molecule has 0 spiro atoms. The Hall–Kier alpha value is -3.65. The van der Waals surface area contributed by atoms with E-state index in [1.807, 2.05) is 84.9 Å². The van der Waals surface area contributed by atoms with E-state index in [2.05, 4.69) is 12.1 Å². The molecule has 1 aliphatic rings. The van der Waals surface area contributed by atoms with Gasteiger partial charge in [0.2, 0.25) is 0 Å². The Morgan fingerprint density at radius 2 is 1.26 bits per heavy atom. The van der Waals surface area contributed by atoms with Gasteiger partial charge in [-0.1, -0.05) is 97.1 Å². The van der Waals surface area contributed by atoms with Crippen LogP contribution in [0.2, 0.25) is 0 Å². The Bertz CT molecular complexity index is 1020. The van der Waals surface area contributed by atoms with Crippen molar-refractivity contribution < 1.29 is 9.53 Å². The number of hydrogen-bond acceptors (Lipinski definition) is 2. The minimum Gasteiger partial charge on any atom is -0.422 e. The molecule has 2 heteroatoms. The zero-order valence-corrected chi connectivity index (χ0v) is 14.7. The summed E-state index contributed by atoms with van der Waals surface area (Å²) in [5.41, 5.74) is 4.81. The van der Waals surface area contributed by atoms with Crippen LogP contribution in [0, 0.1) is 0 Å². The number of carbonyl (C=O) groups is 1. The van der Waals surface area contributed by atoms with E-state index in [-0.39, 0.29) is 5.97 Å². The van der Waals surface area contributed by atoms with Gasteiger partial charge in [0.15, 0.2) is 0 Å². The Labute approximate surface area is 158 Å². The Morgan fingerprint density at radius 3 is 1.96 bits per heavy atom.